The highest BCUT2D eigenvalue weighted by Gasteiger charge is 2.10. The lowest BCUT2D eigenvalue weighted by Gasteiger charge is -2.16. The quantitative estimate of drug-likeness (QED) is 0.781. The molecular weight excluding hydrogens is 286 g/mol. The normalized spacial score (nSPS) is 10.2. The van der Waals surface area contributed by atoms with E-state index >= 15 is 0 Å². The number of carbonyl (C=O) groups excluding carboxylic acids is 1. The number of nitrogens with zero attached hydrogens (tertiary/aromatic N) is 1. The number of amides is 1. The molecule has 1 aromatic carbocycles. The first-order chi connectivity index (χ1) is 9.40. The van der Waals surface area contributed by atoms with Crippen LogP contribution < -0.4 is 10.5 Å². The Kier molecular flexibility index (Phi) is 6.30. The van der Waals surface area contributed by atoms with Gasteiger partial charge in [-0.2, -0.15) is 0 Å². The Hall–Kier alpha value is -1.76. The number of ether oxygens (including phenoxy) is 1. The Labute approximate surface area is 121 Å². The van der Waals surface area contributed by atoms with Gasteiger partial charge in [0.2, 0.25) is 5.91 Å². The third-order valence-corrected chi connectivity index (χ3v) is 2.79. The maximum absolute atomic E-state index is 13.2. The van der Waals surface area contributed by atoms with Crippen LogP contribution in [0.3, 0.4) is 0 Å². The molecule has 0 unspecified atom stereocenters. The van der Waals surface area contributed by atoms with Gasteiger partial charge in [-0.15, -0.1) is 0 Å². The summed E-state index contributed by atoms with van der Waals surface area (Å²) in [6.45, 7) is 0.388. The van der Waals surface area contributed by atoms with E-state index in [9.17, 15) is 13.6 Å². The second-order valence-electron chi connectivity index (χ2n) is 4.20. The first kappa shape index (κ1) is 16.3. The SMILES string of the molecule is CN(CCC(N)=S)C(=O)CCOc1cc(F)ccc1F. The fourth-order valence-electron chi connectivity index (χ4n) is 1.43. The average molecular weight is 302 g/mol. The van der Waals surface area contributed by atoms with Crippen molar-refractivity contribution in [3.63, 3.8) is 0 Å². The maximum atomic E-state index is 13.2. The number of rotatable bonds is 7. The summed E-state index contributed by atoms with van der Waals surface area (Å²) in [7, 11) is 1.61. The number of benzene rings is 1. The van der Waals surface area contributed by atoms with Crippen LogP contribution in [0.1, 0.15) is 12.8 Å². The van der Waals surface area contributed by atoms with Gasteiger partial charge in [0, 0.05) is 26.1 Å². The van der Waals surface area contributed by atoms with E-state index < -0.39 is 11.6 Å². The third kappa shape index (κ3) is 5.48. The van der Waals surface area contributed by atoms with Crippen LogP contribution in [0.25, 0.3) is 0 Å². The van der Waals surface area contributed by atoms with Crippen LogP contribution in [0.15, 0.2) is 18.2 Å². The van der Waals surface area contributed by atoms with Crippen LogP contribution in [0, 0.1) is 11.6 Å². The molecule has 2 N–H and O–H groups in total. The average Bonchev–Trinajstić information content (AvgIpc) is 2.39. The second-order valence-corrected chi connectivity index (χ2v) is 4.73. The third-order valence-electron chi connectivity index (χ3n) is 2.59. The number of hydrogen-bond acceptors (Lipinski definition) is 3. The van der Waals surface area contributed by atoms with Crippen molar-refractivity contribution in [2.24, 2.45) is 5.73 Å². The summed E-state index contributed by atoms with van der Waals surface area (Å²) in [5, 5.41) is 0. The lowest BCUT2D eigenvalue weighted by atomic mass is 10.3. The van der Waals surface area contributed by atoms with Gasteiger partial charge >= 0.3 is 0 Å². The van der Waals surface area contributed by atoms with Crippen molar-refractivity contribution in [2.45, 2.75) is 12.8 Å². The summed E-state index contributed by atoms with van der Waals surface area (Å²) in [5.41, 5.74) is 5.34. The zero-order valence-corrected chi connectivity index (χ0v) is 11.9. The second kappa shape index (κ2) is 7.74. The molecule has 1 rings (SSSR count). The van der Waals surface area contributed by atoms with Crippen molar-refractivity contribution >= 4 is 23.1 Å². The van der Waals surface area contributed by atoms with Gasteiger partial charge in [-0.1, -0.05) is 12.2 Å². The van der Waals surface area contributed by atoms with E-state index in [1.165, 1.54) is 4.90 Å². The summed E-state index contributed by atoms with van der Waals surface area (Å²) in [4.78, 5) is 13.5. The van der Waals surface area contributed by atoms with Crippen LogP contribution in [0.5, 0.6) is 5.75 Å². The molecule has 20 heavy (non-hydrogen) atoms. The van der Waals surface area contributed by atoms with Crippen LogP contribution in [0.4, 0.5) is 8.78 Å². The lowest BCUT2D eigenvalue weighted by Crippen LogP contribution is -2.30. The highest BCUT2D eigenvalue weighted by Crippen LogP contribution is 2.18. The Morgan fingerprint density at radius 2 is 2.10 bits per heavy atom. The number of halogens is 2. The Morgan fingerprint density at radius 3 is 2.75 bits per heavy atom. The van der Waals surface area contributed by atoms with Crippen molar-refractivity contribution in [1.29, 1.82) is 0 Å². The van der Waals surface area contributed by atoms with E-state index in [1.807, 2.05) is 0 Å². The van der Waals surface area contributed by atoms with Gasteiger partial charge in [-0.05, 0) is 12.1 Å². The van der Waals surface area contributed by atoms with Gasteiger partial charge in [0.25, 0.3) is 0 Å². The zero-order chi connectivity index (χ0) is 15.1. The molecule has 1 aromatic rings. The van der Waals surface area contributed by atoms with Gasteiger partial charge in [0.15, 0.2) is 11.6 Å². The Bertz CT molecular complexity index is 497. The fraction of sp³-hybridized carbons (Fsp3) is 0.385. The fourth-order valence-corrected chi connectivity index (χ4v) is 1.52. The monoisotopic (exact) mass is 302 g/mol. The number of carbonyl (C=O) groups is 1. The van der Waals surface area contributed by atoms with E-state index in [0.717, 1.165) is 18.2 Å². The lowest BCUT2D eigenvalue weighted by molar-refractivity contribution is -0.130. The van der Waals surface area contributed by atoms with Crippen LogP contribution in [0.2, 0.25) is 0 Å². The molecule has 0 saturated carbocycles. The van der Waals surface area contributed by atoms with E-state index in [2.05, 4.69) is 0 Å². The van der Waals surface area contributed by atoms with Crippen LogP contribution in [-0.2, 0) is 4.79 Å². The molecule has 0 fully saturated rings. The predicted octanol–water partition coefficient (Wildman–Crippen LogP) is 1.87. The Morgan fingerprint density at radius 1 is 1.40 bits per heavy atom. The summed E-state index contributed by atoms with van der Waals surface area (Å²) in [6.07, 6.45) is 0.501. The molecule has 0 atom stereocenters. The van der Waals surface area contributed by atoms with E-state index in [-0.39, 0.29) is 24.7 Å². The standard InChI is InChI=1S/C13H16F2N2O2S/c1-17(6-4-12(16)20)13(18)5-7-19-11-8-9(14)2-3-10(11)15/h2-3,8H,4-7H2,1H3,(H2,16,20). The van der Waals surface area contributed by atoms with Crippen LogP contribution >= 0.6 is 12.2 Å². The topological polar surface area (TPSA) is 55.6 Å². The minimum Gasteiger partial charge on any atom is -0.490 e. The minimum absolute atomic E-state index is 0.0311. The highest BCUT2D eigenvalue weighted by atomic mass is 32.1. The smallest absolute Gasteiger partial charge is 0.225 e. The van der Waals surface area contributed by atoms with Crippen LogP contribution in [-0.4, -0.2) is 36.0 Å². The summed E-state index contributed by atoms with van der Waals surface area (Å²) in [6, 6.07) is 2.91. The van der Waals surface area contributed by atoms with Gasteiger partial charge in [0.05, 0.1) is 18.0 Å². The van der Waals surface area contributed by atoms with E-state index in [0.29, 0.717) is 18.0 Å². The maximum Gasteiger partial charge on any atom is 0.225 e. The van der Waals surface area contributed by atoms with Crippen molar-refractivity contribution in [3.05, 3.63) is 29.8 Å². The molecule has 0 aliphatic rings. The molecule has 0 aliphatic heterocycles. The zero-order valence-electron chi connectivity index (χ0n) is 11.1. The molecule has 0 aliphatic carbocycles. The summed E-state index contributed by atoms with van der Waals surface area (Å²) in [5.74, 6) is -1.65. The van der Waals surface area contributed by atoms with Crippen molar-refractivity contribution in [1.82, 2.24) is 4.90 Å². The van der Waals surface area contributed by atoms with E-state index in [1.54, 1.807) is 7.05 Å². The summed E-state index contributed by atoms with van der Waals surface area (Å²) >= 11 is 4.72. The first-order valence-corrected chi connectivity index (χ1v) is 6.41. The van der Waals surface area contributed by atoms with E-state index in [4.69, 9.17) is 22.7 Å². The number of thiocarbonyl (C=S) groups is 1. The molecule has 0 saturated heterocycles. The van der Waals surface area contributed by atoms with Gasteiger partial charge in [0.1, 0.15) is 5.82 Å². The molecule has 4 nitrogen and oxygen atoms in total. The Balaban J connectivity index is 2.38. The van der Waals surface area contributed by atoms with Crippen molar-refractivity contribution < 1.29 is 18.3 Å². The molecule has 7 heteroatoms. The molecule has 0 heterocycles. The minimum atomic E-state index is -0.666. The van der Waals surface area contributed by atoms with Gasteiger partial charge in [-0.3, -0.25) is 4.79 Å². The van der Waals surface area contributed by atoms with Gasteiger partial charge < -0.3 is 15.4 Å². The molecule has 0 aromatic heterocycles. The molecule has 0 radical (unpaired) electrons. The van der Waals surface area contributed by atoms with Crippen molar-refractivity contribution in [2.75, 3.05) is 20.2 Å². The highest BCUT2D eigenvalue weighted by molar-refractivity contribution is 7.80. The molecule has 110 valence electrons. The largest absolute Gasteiger partial charge is 0.490 e. The first-order valence-electron chi connectivity index (χ1n) is 6.00. The molecule has 1 amide bonds. The summed E-state index contributed by atoms with van der Waals surface area (Å²) < 4.78 is 31.2. The number of hydrogen-bond donors (Lipinski definition) is 1. The predicted molar refractivity (Wildman–Crippen MR) is 75.5 cm³/mol. The van der Waals surface area contributed by atoms with Gasteiger partial charge in [-0.25, -0.2) is 8.78 Å². The number of nitrogens with two attached hydrogens (primary N) is 1. The molecule has 0 bridgehead atoms. The van der Waals surface area contributed by atoms with Crippen molar-refractivity contribution in [3.8, 4) is 5.75 Å². The molecular formula is C13H16F2N2O2S. The molecule has 0 spiro atoms.